The fourth-order valence-electron chi connectivity index (χ4n) is 3.15. The van der Waals surface area contributed by atoms with Gasteiger partial charge in [0.2, 0.25) is 11.8 Å². The first kappa shape index (κ1) is 17.1. The van der Waals surface area contributed by atoms with E-state index >= 15 is 0 Å². The second-order valence-corrected chi connectivity index (χ2v) is 6.36. The lowest BCUT2D eigenvalue weighted by molar-refractivity contribution is -0.122. The Kier molecular flexibility index (Phi) is 4.83. The molecule has 0 bridgehead atoms. The maximum Gasteiger partial charge on any atom is 0.229 e. The number of nitrogens with one attached hydrogen (secondary N) is 1. The molecule has 25 heavy (non-hydrogen) atoms. The smallest absolute Gasteiger partial charge is 0.229 e. The van der Waals surface area contributed by atoms with Gasteiger partial charge in [-0.1, -0.05) is 31.2 Å². The Morgan fingerprint density at radius 2 is 2.04 bits per heavy atom. The van der Waals surface area contributed by atoms with Crippen LogP contribution in [0.25, 0.3) is 0 Å². The van der Waals surface area contributed by atoms with Gasteiger partial charge in [-0.05, 0) is 42.7 Å². The van der Waals surface area contributed by atoms with Gasteiger partial charge in [-0.15, -0.1) is 0 Å². The molecule has 130 valence electrons. The number of hydrogen-bond acceptors (Lipinski definition) is 2. The zero-order valence-electron chi connectivity index (χ0n) is 14.4. The molecule has 4 nitrogen and oxygen atoms in total. The zero-order chi connectivity index (χ0) is 18.0. The average Bonchev–Trinajstić information content (AvgIpc) is 2.99. The summed E-state index contributed by atoms with van der Waals surface area (Å²) in [7, 11) is 0. The van der Waals surface area contributed by atoms with Crippen LogP contribution < -0.4 is 10.2 Å². The molecule has 0 radical (unpaired) electrons. The van der Waals surface area contributed by atoms with Crippen LogP contribution in [0, 0.1) is 18.7 Å². The number of aryl methyl sites for hydroxylation is 2. The highest BCUT2D eigenvalue weighted by Gasteiger charge is 2.36. The molecule has 0 saturated carbocycles. The Bertz CT molecular complexity index is 819. The molecule has 1 aliphatic rings. The highest BCUT2D eigenvalue weighted by Crippen LogP contribution is 2.29. The molecule has 1 N–H and O–H groups in total. The van der Waals surface area contributed by atoms with Crippen LogP contribution in [0.5, 0.6) is 0 Å². The minimum atomic E-state index is -0.488. The third-order valence-electron chi connectivity index (χ3n) is 4.54. The second-order valence-electron chi connectivity index (χ2n) is 6.36. The molecule has 2 aromatic rings. The summed E-state index contributed by atoms with van der Waals surface area (Å²) >= 11 is 0. The Morgan fingerprint density at radius 1 is 1.28 bits per heavy atom. The molecule has 2 amide bonds. The molecule has 3 rings (SSSR count). The van der Waals surface area contributed by atoms with Crippen LogP contribution in [-0.4, -0.2) is 18.4 Å². The van der Waals surface area contributed by atoms with E-state index in [0.29, 0.717) is 6.54 Å². The third-order valence-corrected chi connectivity index (χ3v) is 4.54. The van der Waals surface area contributed by atoms with Crippen LogP contribution in [0.4, 0.5) is 15.8 Å². The lowest BCUT2D eigenvalue weighted by Gasteiger charge is -2.20. The van der Waals surface area contributed by atoms with Gasteiger partial charge >= 0.3 is 0 Å². The minimum absolute atomic E-state index is 0.0783. The van der Waals surface area contributed by atoms with Gasteiger partial charge in [-0.2, -0.15) is 0 Å². The van der Waals surface area contributed by atoms with Crippen molar-refractivity contribution in [1.82, 2.24) is 0 Å². The molecule has 1 fully saturated rings. The van der Waals surface area contributed by atoms with E-state index < -0.39 is 11.7 Å². The largest absolute Gasteiger partial charge is 0.323 e. The van der Waals surface area contributed by atoms with E-state index in [0.717, 1.165) is 23.2 Å². The van der Waals surface area contributed by atoms with Crippen molar-refractivity contribution in [2.45, 2.75) is 26.7 Å². The maximum atomic E-state index is 13.9. The summed E-state index contributed by atoms with van der Waals surface area (Å²) in [6, 6.07) is 12.4. The number of rotatable bonds is 4. The Morgan fingerprint density at radius 3 is 2.76 bits per heavy atom. The van der Waals surface area contributed by atoms with Crippen molar-refractivity contribution < 1.29 is 14.0 Å². The molecular formula is C20H21FN2O2. The molecule has 1 saturated heterocycles. The topological polar surface area (TPSA) is 49.4 Å². The van der Waals surface area contributed by atoms with Gasteiger partial charge < -0.3 is 10.2 Å². The summed E-state index contributed by atoms with van der Waals surface area (Å²) in [6.45, 7) is 4.13. The van der Waals surface area contributed by atoms with Gasteiger partial charge in [-0.3, -0.25) is 9.59 Å². The van der Waals surface area contributed by atoms with E-state index in [4.69, 9.17) is 0 Å². The lowest BCUT2D eigenvalue weighted by atomic mass is 10.1. The number of para-hydroxylation sites is 1. The van der Waals surface area contributed by atoms with Crippen LogP contribution >= 0.6 is 0 Å². The molecule has 5 heteroatoms. The molecule has 1 unspecified atom stereocenters. The van der Waals surface area contributed by atoms with Crippen LogP contribution in [0.1, 0.15) is 24.5 Å². The minimum Gasteiger partial charge on any atom is -0.323 e. The van der Waals surface area contributed by atoms with Crippen molar-refractivity contribution in [3.05, 3.63) is 59.4 Å². The van der Waals surface area contributed by atoms with Crippen molar-refractivity contribution in [2.24, 2.45) is 5.92 Å². The number of halogens is 1. The standard InChI is InChI=1S/C20H21FN2O2/c1-3-14-6-4-5-7-18(14)23-12-15(11-19(23)24)20(25)22-17-9-8-13(2)10-16(17)21/h4-10,15H,3,11-12H2,1-2H3,(H,22,25). The monoisotopic (exact) mass is 340 g/mol. The number of nitrogens with zero attached hydrogens (tertiary/aromatic N) is 1. The molecule has 1 heterocycles. The van der Waals surface area contributed by atoms with Crippen molar-refractivity contribution >= 4 is 23.2 Å². The van der Waals surface area contributed by atoms with Gasteiger partial charge in [0.1, 0.15) is 5.82 Å². The fourth-order valence-corrected chi connectivity index (χ4v) is 3.15. The molecule has 1 atom stereocenters. The summed E-state index contributed by atoms with van der Waals surface area (Å²) in [5.41, 5.74) is 2.86. The van der Waals surface area contributed by atoms with Crippen molar-refractivity contribution in [3.63, 3.8) is 0 Å². The number of benzene rings is 2. The van der Waals surface area contributed by atoms with Crippen molar-refractivity contribution in [1.29, 1.82) is 0 Å². The van der Waals surface area contributed by atoms with Gasteiger partial charge in [0.15, 0.2) is 0 Å². The van der Waals surface area contributed by atoms with Crippen LogP contribution in [0.3, 0.4) is 0 Å². The summed E-state index contributed by atoms with van der Waals surface area (Å²) < 4.78 is 13.9. The van der Waals surface area contributed by atoms with E-state index in [1.165, 1.54) is 6.07 Å². The molecule has 0 spiro atoms. The zero-order valence-corrected chi connectivity index (χ0v) is 14.4. The Balaban J connectivity index is 1.74. The predicted molar refractivity (Wildman–Crippen MR) is 96.0 cm³/mol. The maximum absolute atomic E-state index is 13.9. The molecule has 0 aromatic heterocycles. The van der Waals surface area contributed by atoms with Crippen LogP contribution in [-0.2, 0) is 16.0 Å². The van der Waals surface area contributed by atoms with Crippen molar-refractivity contribution in [2.75, 3.05) is 16.8 Å². The summed E-state index contributed by atoms with van der Waals surface area (Å²) in [6.07, 6.45) is 0.947. The molecular weight excluding hydrogens is 319 g/mol. The summed E-state index contributed by atoms with van der Waals surface area (Å²) in [4.78, 5) is 26.5. The number of carbonyl (C=O) groups excluding carboxylic acids is 2. The molecule has 1 aliphatic heterocycles. The van der Waals surface area contributed by atoms with E-state index in [2.05, 4.69) is 5.32 Å². The normalized spacial score (nSPS) is 17.0. The summed E-state index contributed by atoms with van der Waals surface area (Å²) in [5.74, 6) is -1.36. The number of carbonyl (C=O) groups is 2. The Hall–Kier alpha value is -2.69. The van der Waals surface area contributed by atoms with Gasteiger partial charge in [0.05, 0.1) is 11.6 Å². The summed E-state index contributed by atoms with van der Waals surface area (Å²) in [5, 5.41) is 2.61. The molecule has 2 aromatic carbocycles. The van der Waals surface area contributed by atoms with E-state index in [-0.39, 0.29) is 23.9 Å². The lowest BCUT2D eigenvalue weighted by Crippen LogP contribution is -2.29. The number of anilines is 2. The van der Waals surface area contributed by atoms with Crippen LogP contribution in [0.15, 0.2) is 42.5 Å². The first-order valence-electron chi connectivity index (χ1n) is 8.45. The number of amides is 2. The second kappa shape index (κ2) is 7.05. The molecule has 0 aliphatic carbocycles. The predicted octanol–water partition coefficient (Wildman–Crippen LogP) is 3.69. The number of hydrogen-bond donors (Lipinski definition) is 1. The third kappa shape index (κ3) is 3.55. The first-order valence-corrected chi connectivity index (χ1v) is 8.45. The van der Waals surface area contributed by atoms with Crippen LogP contribution in [0.2, 0.25) is 0 Å². The quantitative estimate of drug-likeness (QED) is 0.923. The van der Waals surface area contributed by atoms with E-state index in [1.54, 1.807) is 24.0 Å². The average molecular weight is 340 g/mol. The van der Waals surface area contributed by atoms with Crippen molar-refractivity contribution in [3.8, 4) is 0 Å². The highest BCUT2D eigenvalue weighted by atomic mass is 19.1. The first-order chi connectivity index (χ1) is 12.0. The van der Waals surface area contributed by atoms with Gasteiger partial charge in [0.25, 0.3) is 0 Å². The van der Waals surface area contributed by atoms with Gasteiger partial charge in [-0.25, -0.2) is 4.39 Å². The SMILES string of the molecule is CCc1ccccc1N1CC(C(=O)Nc2ccc(C)cc2F)CC1=O. The highest BCUT2D eigenvalue weighted by molar-refractivity contribution is 6.03. The Labute approximate surface area is 146 Å². The van der Waals surface area contributed by atoms with E-state index in [1.807, 2.05) is 31.2 Å². The van der Waals surface area contributed by atoms with E-state index in [9.17, 15) is 14.0 Å². The fraction of sp³-hybridized carbons (Fsp3) is 0.300. The van der Waals surface area contributed by atoms with Gasteiger partial charge in [0, 0.05) is 18.7 Å².